The van der Waals surface area contributed by atoms with Crippen molar-refractivity contribution in [2.24, 2.45) is 4.99 Å². The lowest BCUT2D eigenvalue weighted by atomic mass is 10.1. The Morgan fingerprint density at radius 1 is 1.40 bits per heavy atom. The predicted octanol–water partition coefficient (Wildman–Crippen LogP) is -0.328. The van der Waals surface area contributed by atoms with Crippen LogP contribution in [0.2, 0.25) is 0 Å². The van der Waals surface area contributed by atoms with Crippen molar-refractivity contribution in [1.29, 1.82) is 0 Å². The highest BCUT2D eigenvalue weighted by atomic mass is 16.3. The first kappa shape index (κ1) is 16.9. The van der Waals surface area contributed by atoms with Crippen LogP contribution in [-0.4, -0.2) is 77.1 Å². The fourth-order valence-electron chi connectivity index (χ4n) is 2.94. The van der Waals surface area contributed by atoms with Gasteiger partial charge in [0.25, 0.3) is 30.0 Å². The first-order chi connectivity index (χ1) is 11.9. The van der Waals surface area contributed by atoms with Gasteiger partial charge in [0, 0.05) is 26.6 Å². The summed E-state index contributed by atoms with van der Waals surface area (Å²) in [5, 5.41) is 2.87. The number of amides is 4. The molecule has 2 atom stereocenters. The van der Waals surface area contributed by atoms with Crippen LogP contribution in [0.25, 0.3) is 0 Å². The number of fused-ring (bicyclic) bond motifs is 1. The summed E-state index contributed by atoms with van der Waals surface area (Å²) in [6, 6.07) is 2.34. The van der Waals surface area contributed by atoms with Crippen LogP contribution in [0.15, 0.2) is 27.8 Å². The molecular formula is C16H20N5O4+. The van der Waals surface area contributed by atoms with Crippen LogP contribution >= 0.6 is 0 Å². The number of nitrogens with one attached hydrogen (secondary N) is 1. The molecule has 0 spiro atoms. The molecule has 1 fully saturated rings. The van der Waals surface area contributed by atoms with E-state index in [2.05, 4.69) is 10.3 Å². The van der Waals surface area contributed by atoms with Crippen molar-refractivity contribution in [3.8, 4) is 0 Å². The van der Waals surface area contributed by atoms with Crippen LogP contribution < -0.4 is 5.32 Å². The molecule has 2 aliphatic heterocycles. The van der Waals surface area contributed by atoms with Gasteiger partial charge in [0.2, 0.25) is 0 Å². The Bertz CT molecular complexity index is 767. The summed E-state index contributed by atoms with van der Waals surface area (Å²) in [4.78, 5) is 43.1. The van der Waals surface area contributed by atoms with E-state index in [1.54, 1.807) is 19.4 Å². The number of rotatable bonds is 5. The van der Waals surface area contributed by atoms with Crippen molar-refractivity contribution in [3.63, 3.8) is 0 Å². The van der Waals surface area contributed by atoms with Crippen LogP contribution in [-0.2, 0) is 16.0 Å². The van der Waals surface area contributed by atoms with Gasteiger partial charge in [0.1, 0.15) is 5.76 Å². The van der Waals surface area contributed by atoms with Crippen LogP contribution in [0.5, 0.6) is 0 Å². The summed E-state index contributed by atoms with van der Waals surface area (Å²) in [6.07, 6.45) is 3.59. The number of aliphatic imine (C=N–C) groups is 1. The smallest absolute Gasteiger partial charge is 0.333 e. The van der Waals surface area contributed by atoms with Crippen LogP contribution in [0, 0.1) is 0 Å². The number of hydrogen-bond acceptors (Lipinski definition) is 5. The lowest BCUT2D eigenvalue weighted by Gasteiger charge is -2.30. The second-order valence-electron chi connectivity index (χ2n) is 6.17. The second kappa shape index (κ2) is 6.50. The fraction of sp³-hybridized carbons (Fsp3) is 0.438. The minimum absolute atomic E-state index is 0.0260. The highest BCUT2D eigenvalue weighted by Gasteiger charge is 2.50. The SMILES string of the molecule is CC(Cc1ccco1)NC(=O)C[N+]1=CN=C2C1C(=O)N(C)C(=O)N2C. The second-order valence-corrected chi connectivity index (χ2v) is 6.17. The first-order valence-corrected chi connectivity index (χ1v) is 7.92. The third-order valence-electron chi connectivity index (χ3n) is 4.22. The van der Waals surface area contributed by atoms with E-state index in [1.165, 1.54) is 22.9 Å². The third-order valence-corrected chi connectivity index (χ3v) is 4.22. The summed E-state index contributed by atoms with van der Waals surface area (Å²) in [5.41, 5.74) is 0. The Morgan fingerprint density at radius 3 is 2.84 bits per heavy atom. The number of imide groups is 1. The number of likely N-dealkylation sites (N-methyl/N-ethyl adjacent to an activating group) is 2. The van der Waals surface area contributed by atoms with Gasteiger partial charge >= 0.3 is 6.03 Å². The van der Waals surface area contributed by atoms with Crippen molar-refractivity contribution in [3.05, 3.63) is 24.2 Å². The molecule has 1 N–H and O–H groups in total. The zero-order valence-electron chi connectivity index (χ0n) is 14.3. The average molecular weight is 346 g/mol. The van der Waals surface area contributed by atoms with Gasteiger partial charge in [-0.15, -0.1) is 0 Å². The van der Waals surface area contributed by atoms with Gasteiger partial charge in [-0.05, 0) is 24.0 Å². The van der Waals surface area contributed by atoms with Gasteiger partial charge in [-0.25, -0.2) is 9.37 Å². The third kappa shape index (κ3) is 3.17. The van der Waals surface area contributed by atoms with Gasteiger partial charge in [-0.1, -0.05) is 0 Å². The monoisotopic (exact) mass is 346 g/mol. The minimum atomic E-state index is -0.751. The Morgan fingerprint density at radius 2 is 2.16 bits per heavy atom. The van der Waals surface area contributed by atoms with E-state index < -0.39 is 18.0 Å². The van der Waals surface area contributed by atoms with Crippen LogP contribution in [0.1, 0.15) is 12.7 Å². The largest absolute Gasteiger partial charge is 0.469 e. The van der Waals surface area contributed by atoms with Crippen LogP contribution in [0.3, 0.4) is 0 Å². The Labute approximate surface area is 144 Å². The average Bonchev–Trinajstić information content (AvgIpc) is 3.20. The number of hydrogen-bond donors (Lipinski definition) is 1. The molecule has 2 aliphatic rings. The predicted molar refractivity (Wildman–Crippen MR) is 88.4 cm³/mol. The quantitative estimate of drug-likeness (QED) is 0.738. The lowest BCUT2D eigenvalue weighted by molar-refractivity contribution is -0.519. The number of nitrogens with zero attached hydrogens (tertiary/aromatic N) is 4. The Kier molecular flexibility index (Phi) is 4.39. The molecular weight excluding hydrogens is 326 g/mol. The molecule has 3 rings (SSSR count). The molecule has 0 aromatic carbocycles. The van der Waals surface area contributed by atoms with Crippen molar-refractivity contribution < 1.29 is 23.4 Å². The molecule has 9 nitrogen and oxygen atoms in total. The minimum Gasteiger partial charge on any atom is -0.469 e. The van der Waals surface area contributed by atoms with E-state index in [0.717, 1.165) is 10.7 Å². The maximum absolute atomic E-state index is 12.4. The topological polar surface area (TPSA) is 98.2 Å². The lowest BCUT2D eigenvalue weighted by Crippen LogP contribution is -2.62. The molecule has 9 heteroatoms. The van der Waals surface area contributed by atoms with E-state index >= 15 is 0 Å². The number of amidine groups is 1. The van der Waals surface area contributed by atoms with Crippen LogP contribution in [0.4, 0.5) is 4.79 Å². The molecule has 0 radical (unpaired) electrons. The summed E-state index contributed by atoms with van der Waals surface area (Å²) < 4.78 is 6.80. The van der Waals surface area contributed by atoms with Gasteiger partial charge in [-0.2, -0.15) is 0 Å². The van der Waals surface area contributed by atoms with E-state index in [4.69, 9.17) is 4.42 Å². The summed E-state index contributed by atoms with van der Waals surface area (Å²) >= 11 is 0. The molecule has 1 aromatic heterocycles. The molecule has 1 saturated heterocycles. The van der Waals surface area contributed by atoms with Crippen molar-refractivity contribution >= 4 is 30.0 Å². The molecule has 2 unspecified atom stereocenters. The van der Waals surface area contributed by atoms with E-state index in [-0.39, 0.29) is 18.5 Å². The fourth-order valence-corrected chi connectivity index (χ4v) is 2.94. The standard InChI is InChI=1S/C16H19N5O4/c1-10(7-11-5-4-6-25-11)18-12(22)8-21-9-17-14-13(21)15(23)20(3)16(24)19(14)2/h4-6,9-10,13H,7-8H2,1-3H3/p+1. The summed E-state index contributed by atoms with van der Waals surface area (Å²) in [6.45, 7) is 1.85. The highest BCUT2D eigenvalue weighted by molar-refractivity contribution is 6.21. The molecule has 0 aliphatic carbocycles. The van der Waals surface area contributed by atoms with E-state index in [9.17, 15) is 14.4 Å². The number of furan rings is 1. The van der Waals surface area contributed by atoms with Gasteiger partial charge < -0.3 is 9.73 Å². The zero-order chi connectivity index (χ0) is 18.1. The van der Waals surface area contributed by atoms with Crippen molar-refractivity contribution in [2.75, 3.05) is 20.6 Å². The Balaban J connectivity index is 1.61. The van der Waals surface area contributed by atoms with Gasteiger partial charge in [0.15, 0.2) is 6.54 Å². The van der Waals surface area contributed by atoms with E-state index in [0.29, 0.717) is 12.3 Å². The molecule has 0 saturated carbocycles. The van der Waals surface area contributed by atoms with E-state index in [1.807, 2.05) is 13.0 Å². The number of carbonyl (C=O) groups excluding carboxylic acids is 3. The highest BCUT2D eigenvalue weighted by Crippen LogP contribution is 2.16. The normalized spacial score (nSPS) is 21.0. The Hall–Kier alpha value is -2.97. The van der Waals surface area contributed by atoms with Gasteiger partial charge in [-0.3, -0.25) is 19.4 Å². The molecule has 132 valence electrons. The molecule has 4 amide bonds. The number of carbonyl (C=O) groups is 3. The molecule has 3 heterocycles. The summed E-state index contributed by atoms with van der Waals surface area (Å²) in [5.74, 6) is 0.494. The van der Waals surface area contributed by atoms with Gasteiger partial charge in [0.05, 0.1) is 6.26 Å². The maximum atomic E-state index is 12.4. The molecule has 1 aromatic rings. The maximum Gasteiger partial charge on any atom is 0.333 e. The molecule has 25 heavy (non-hydrogen) atoms. The summed E-state index contributed by atoms with van der Waals surface area (Å²) in [7, 11) is 2.97. The zero-order valence-corrected chi connectivity index (χ0v) is 14.3. The van der Waals surface area contributed by atoms with Crippen molar-refractivity contribution in [2.45, 2.75) is 25.4 Å². The van der Waals surface area contributed by atoms with Crippen molar-refractivity contribution in [1.82, 2.24) is 15.1 Å². The number of urea groups is 1. The molecule has 0 bridgehead atoms. The first-order valence-electron chi connectivity index (χ1n) is 7.92.